The summed E-state index contributed by atoms with van der Waals surface area (Å²) in [6.07, 6.45) is 0.819. The number of benzene rings is 1. The lowest BCUT2D eigenvalue weighted by Gasteiger charge is -2.11. The number of pyridine rings is 1. The fraction of sp³-hybridized carbons (Fsp3) is 0.250. The van der Waals surface area contributed by atoms with Crippen LogP contribution in [-0.4, -0.2) is 33.1 Å². The first-order valence-electron chi connectivity index (χ1n) is 8.54. The highest BCUT2D eigenvalue weighted by atomic mass is 16.5. The maximum Gasteiger partial charge on any atom is 0.241 e. The molecule has 0 aliphatic rings. The average molecular weight is 348 g/mol. The number of aryl methyl sites for hydroxylation is 2. The first kappa shape index (κ1) is 16.3. The van der Waals surface area contributed by atoms with Gasteiger partial charge in [-0.15, -0.1) is 0 Å². The number of nitrogens with zero attached hydrogens (tertiary/aromatic N) is 4. The van der Waals surface area contributed by atoms with Crippen LogP contribution in [-0.2, 0) is 6.42 Å². The molecular weight excluding hydrogens is 328 g/mol. The molecule has 132 valence electrons. The highest BCUT2D eigenvalue weighted by molar-refractivity contribution is 5.79. The molecule has 0 aliphatic carbocycles. The first-order chi connectivity index (χ1) is 12.7. The number of fused-ring (bicyclic) bond motifs is 3. The largest absolute Gasteiger partial charge is 0.481 e. The maximum absolute atomic E-state index is 6.05. The minimum Gasteiger partial charge on any atom is -0.481 e. The molecule has 0 radical (unpaired) electrons. The van der Waals surface area contributed by atoms with Crippen LogP contribution in [0.1, 0.15) is 17.1 Å². The summed E-state index contributed by atoms with van der Waals surface area (Å²) < 4.78 is 13.3. The zero-order valence-electron chi connectivity index (χ0n) is 15.1. The molecule has 26 heavy (non-hydrogen) atoms. The molecular formula is C20H20N4O2. The van der Waals surface area contributed by atoms with Crippen molar-refractivity contribution in [3.05, 3.63) is 59.5 Å². The lowest BCUT2D eigenvalue weighted by Crippen LogP contribution is -2.06. The second-order valence-corrected chi connectivity index (χ2v) is 6.13. The van der Waals surface area contributed by atoms with E-state index in [1.54, 1.807) is 13.2 Å². The van der Waals surface area contributed by atoms with Crippen LogP contribution in [0, 0.1) is 13.8 Å². The summed E-state index contributed by atoms with van der Waals surface area (Å²) >= 11 is 0. The van der Waals surface area contributed by atoms with E-state index in [0.29, 0.717) is 24.0 Å². The van der Waals surface area contributed by atoms with Gasteiger partial charge in [-0.1, -0.05) is 30.3 Å². The summed E-state index contributed by atoms with van der Waals surface area (Å²) in [6, 6.07) is 14.0. The van der Waals surface area contributed by atoms with Crippen LogP contribution in [0.15, 0.2) is 42.5 Å². The van der Waals surface area contributed by atoms with Crippen molar-refractivity contribution in [3.63, 3.8) is 0 Å². The Bertz CT molecular complexity index is 1070. The van der Waals surface area contributed by atoms with E-state index in [9.17, 15) is 0 Å². The summed E-state index contributed by atoms with van der Waals surface area (Å²) in [7, 11) is 1.60. The Hall–Kier alpha value is -3.15. The Morgan fingerprint density at radius 3 is 2.54 bits per heavy atom. The molecule has 6 nitrogen and oxygen atoms in total. The molecule has 0 atom stereocenters. The van der Waals surface area contributed by atoms with Crippen LogP contribution in [0.2, 0.25) is 0 Å². The molecule has 0 bridgehead atoms. The summed E-state index contributed by atoms with van der Waals surface area (Å²) in [5, 5.41) is 0. The molecule has 0 spiro atoms. The SMILES string of the molecule is COc1ccc2nc(OCCc3ccccc3)c3c(C)nc(C)n3c2n1. The molecule has 0 saturated carbocycles. The van der Waals surface area contributed by atoms with Crippen molar-refractivity contribution < 1.29 is 9.47 Å². The Balaban J connectivity index is 1.76. The van der Waals surface area contributed by atoms with E-state index in [-0.39, 0.29) is 0 Å². The quantitative estimate of drug-likeness (QED) is 0.552. The Labute approximate surface area is 151 Å². The van der Waals surface area contributed by atoms with Crippen molar-refractivity contribution in [1.82, 2.24) is 19.4 Å². The van der Waals surface area contributed by atoms with Gasteiger partial charge >= 0.3 is 0 Å². The standard InChI is InChI=1S/C20H20N4O2/c1-13-18-20(26-12-11-15-7-5-4-6-8-15)22-16-9-10-17(25-3)23-19(16)24(18)14(2)21-13/h4-10H,11-12H2,1-3H3. The van der Waals surface area contributed by atoms with E-state index in [1.165, 1.54) is 5.56 Å². The molecule has 0 unspecified atom stereocenters. The zero-order chi connectivity index (χ0) is 18.1. The van der Waals surface area contributed by atoms with E-state index < -0.39 is 0 Å². The Morgan fingerprint density at radius 2 is 1.77 bits per heavy atom. The third-order valence-electron chi connectivity index (χ3n) is 4.37. The van der Waals surface area contributed by atoms with Crippen LogP contribution in [0.25, 0.3) is 16.7 Å². The van der Waals surface area contributed by atoms with Crippen LogP contribution >= 0.6 is 0 Å². The minimum atomic E-state index is 0.545. The van der Waals surface area contributed by atoms with Gasteiger partial charge in [-0.3, -0.25) is 4.40 Å². The number of hydrogen-bond donors (Lipinski definition) is 0. The van der Waals surface area contributed by atoms with Crippen molar-refractivity contribution in [1.29, 1.82) is 0 Å². The van der Waals surface area contributed by atoms with Gasteiger partial charge < -0.3 is 9.47 Å². The summed E-state index contributed by atoms with van der Waals surface area (Å²) in [5.74, 6) is 1.97. The van der Waals surface area contributed by atoms with E-state index in [2.05, 4.69) is 27.1 Å². The third-order valence-corrected chi connectivity index (χ3v) is 4.37. The minimum absolute atomic E-state index is 0.545. The van der Waals surface area contributed by atoms with Crippen molar-refractivity contribution in [2.45, 2.75) is 20.3 Å². The molecule has 0 amide bonds. The molecule has 1 aromatic carbocycles. The second kappa shape index (κ2) is 6.63. The molecule has 6 heteroatoms. The zero-order valence-corrected chi connectivity index (χ0v) is 15.1. The van der Waals surface area contributed by atoms with Gasteiger partial charge in [-0.25, -0.2) is 9.97 Å². The maximum atomic E-state index is 6.05. The number of imidazole rings is 1. The van der Waals surface area contributed by atoms with Crippen LogP contribution < -0.4 is 9.47 Å². The van der Waals surface area contributed by atoms with Crippen LogP contribution in [0.3, 0.4) is 0 Å². The lowest BCUT2D eigenvalue weighted by molar-refractivity contribution is 0.313. The molecule has 4 aromatic rings. The van der Waals surface area contributed by atoms with E-state index in [4.69, 9.17) is 9.47 Å². The number of hydrogen-bond acceptors (Lipinski definition) is 5. The van der Waals surface area contributed by atoms with Crippen LogP contribution in [0.4, 0.5) is 0 Å². The fourth-order valence-electron chi connectivity index (χ4n) is 3.14. The van der Waals surface area contributed by atoms with Crippen molar-refractivity contribution in [2.75, 3.05) is 13.7 Å². The van der Waals surface area contributed by atoms with Gasteiger partial charge in [0, 0.05) is 12.5 Å². The number of rotatable bonds is 5. The normalized spacial score (nSPS) is 11.2. The lowest BCUT2D eigenvalue weighted by atomic mass is 10.2. The topological polar surface area (TPSA) is 61.5 Å². The molecule has 0 saturated heterocycles. The van der Waals surface area contributed by atoms with Crippen LogP contribution in [0.5, 0.6) is 11.8 Å². The molecule has 3 heterocycles. The highest BCUT2D eigenvalue weighted by Gasteiger charge is 2.17. The number of ether oxygens (including phenoxy) is 2. The van der Waals surface area contributed by atoms with Crippen molar-refractivity contribution in [2.24, 2.45) is 0 Å². The van der Waals surface area contributed by atoms with E-state index in [1.807, 2.05) is 42.5 Å². The molecule has 0 fully saturated rings. The van der Waals surface area contributed by atoms with Crippen molar-refractivity contribution >= 4 is 16.7 Å². The van der Waals surface area contributed by atoms with Gasteiger partial charge in [0.15, 0.2) is 5.65 Å². The smallest absolute Gasteiger partial charge is 0.241 e. The molecule has 4 rings (SSSR count). The van der Waals surface area contributed by atoms with Gasteiger partial charge in [-0.05, 0) is 25.5 Å². The fourth-order valence-corrected chi connectivity index (χ4v) is 3.14. The first-order valence-corrected chi connectivity index (χ1v) is 8.54. The van der Waals surface area contributed by atoms with E-state index in [0.717, 1.165) is 29.0 Å². The van der Waals surface area contributed by atoms with Gasteiger partial charge in [0.2, 0.25) is 11.8 Å². The Kier molecular flexibility index (Phi) is 4.16. The van der Waals surface area contributed by atoms with Gasteiger partial charge in [0.05, 0.1) is 19.4 Å². The van der Waals surface area contributed by atoms with Gasteiger partial charge in [0.1, 0.15) is 16.9 Å². The highest BCUT2D eigenvalue weighted by Crippen LogP contribution is 2.28. The molecule has 3 aromatic heterocycles. The van der Waals surface area contributed by atoms with Gasteiger partial charge in [-0.2, -0.15) is 4.98 Å². The molecule has 0 aliphatic heterocycles. The summed E-state index contributed by atoms with van der Waals surface area (Å²) in [5.41, 5.74) is 4.42. The molecule has 0 N–H and O–H groups in total. The summed E-state index contributed by atoms with van der Waals surface area (Å²) in [6.45, 7) is 4.46. The summed E-state index contributed by atoms with van der Waals surface area (Å²) in [4.78, 5) is 13.8. The second-order valence-electron chi connectivity index (χ2n) is 6.13. The average Bonchev–Trinajstić information content (AvgIpc) is 2.97. The van der Waals surface area contributed by atoms with Gasteiger partial charge in [0.25, 0.3) is 0 Å². The van der Waals surface area contributed by atoms with Crippen molar-refractivity contribution in [3.8, 4) is 11.8 Å². The number of methoxy groups -OCH3 is 1. The monoisotopic (exact) mass is 348 g/mol. The Morgan fingerprint density at radius 1 is 0.962 bits per heavy atom. The van der Waals surface area contributed by atoms with E-state index >= 15 is 0 Å². The number of aromatic nitrogens is 4. The predicted octanol–water partition coefficient (Wildman–Crippen LogP) is 3.52. The predicted molar refractivity (Wildman–Crippen MR) is 100.0 cm³/mol. The third kappa shape index (κ3) is 2.83.